The molecule has 1 aromatic heterocycles. The average Bonchev–Trinajstić information content (AvgIpc) is 2.61. The molecule has 0 saturated heterocycles. The molecule has 0 fully saturated rings. The Balaban J connectivity index is 2.23. The minimum Gasteiger partial charge on any atom is -0.353 e. The Hall–Kier alpha value is -2.67. The zero-order valence-electron chi connectivity index (χ0n) is 15.5. The summed E-state index contributed by atoms with van der Waals surface area (Å²) in [6.07, 6.45) is 3.28. The lowest BCUT2D eigenvalue weighted by atomic mass is 9.82. The van der Waals surface area contributed by atoms with Crippen LogP contribution in [0.25, 0.3) is 11.1 Å². The van der Waals surface area contributed by atoms with Gasteiger partial charge in [0, 0.05) is 24.0 Å². The molecule has 0 aliphatic rings. The Kier molecular flexibility index (Phi) is 5.58. The second-order valence-corrected chi connectivity index (χ2v) is 7.28. The van der Waals surface area contributed by atoms with Gasteiger partial charge in [0.15, 0.2) is 0 Å². The Bertz CT molecular complexity index is 786. The standard InChI is InChI=1S/C21H25N3O/c1-14(2)15(3)24-20(25)21(4,5)19-8-6-17(7-9-19)18-10-16(11-22)12-23-13-18/h6-10,12-15H,1-5H3,(H,24,25). The summed E-state index contributed by atoms with van der Waals surface area (Å²) in [5, 5.41) is 12.1. The smallest absolute Gasteiger partial charge is 0.230 e. The summed E-state index contributed by atoms with van der Waals surface area (Å²) in [5.41, 5.74) is 2.73. The van der Waals surface area contributed by atoms with Gasteiger partial charge in [0.05, 0.1) is 11.0 Å². The summed E-state index contributed by atoms with van der Waals surface area (Å²) in [6.45, 7) is 10.1. The van der Waals surface area contributed by atoms with E-state index in [0.717, 1.165) is 16.7 Å². The highest BCUT2D eigenvalue weighted by Gasteiger charge is 2.30. The van der Waals surface area contributed by atoms with Gasteiger partial charge in [-0.2, -0.15) is 5.26 Å². The van der Waals surface area contributed by atoms with Gasteiger partial charge in [0.25, 0.3) is 0 Å². The largest absolute Gasteiger partial charge is 0.353 e. The molecule has 1 N–H and O–H groups in total. The van der Waals surface area contributed by atoms with Crippen LogP contribution >= 0.6 is 0 Å². The van der Waals surface area contributed by atoms with Crippen molar-refractivity contribution in [2.45, 2.75) is 46.1 Å². The SMILES string of the molecule is CC(C)C(C)NC(=O)C(C)(C)c1ccc(-c2cncc(C#N)c2)cc1. The Labute approximate surface area is 149 Å². The number of nitrogens with one attached hydrogen (secondary N) is 1. The van der Waals surface area contributed by atoms with Crippen molar-refractivity contribution in [2.24, 2.45) is 5.92 Å². The zero-order chi connectivity index (χ0) is 18.6. The first-order valence-electron chi connectivity index (χ1n) is 8.52. The fraction of sp³-hybridized carbons (Fsp3) is 0.381. The number of nitrogens with zero attached hydrogens (tertiary/aromatic N) is 2. The molecule has 25 heavy (non-hydrogen) atoms. The van der Waals surface area contributed by atoms with E-state index in [1.807, 2.05) is 51.1 Å². The number of amides is 1. The first kappa shape index (κ1) is 18.7. The highest BCUT2D eigenvalue weighted by Crippen LogP contribution is 2.27. The number of pyridine rings is 1. The molecule has 1 aromatic carbocycles. The van der Waals surface area contributed by atoms with E-state index in [1.165, 1.54) is 0 Å². The minimum atomic E-state index is -0.617. The van der Waals surface area contributed by atoms with Gasteiger partial charge in [-0.25, -0.2) is 0 Å². The summed E-state index contributed by atoms with van der Waals surface area (Å²) in [6, 6.07) is 11.9. The summed E-state index contributed by atoms with van der Waals surface area (Å²) in [5.74, 6) is 0.414. The third-order valence-corrected chi connectivity index (χ3v) is 4.73. The van der Waals surface area contributed by atoms with Gasteiger partial charge in [-0.3, -0.25) is 9.78 Å². The Morgan fingerprint density at radius 3 is 2.32 bits per heavy atom. The molecule has 2 aromatic rings. The van der Waals surface area contributed by atoms with Crippen molar-refractivity contribution in [3.63, 3.8) is 0 Å². The van der Waals surface area contributed by atoms with Gasteiger partial charge in [-0.15, -0.1) is 0 Å². The number of rotatable bonds is 5. The van der Waals surface area contributed by atoms with Crippen LogP contribution < -0.4 is 5.32 Å². The number of nitriles is 1. The van der Waals surface area contributed by atoms with Gasteiger partial charge < -0.3 is 5.32 Å². The molecule has 0 spiro atoms. The van der Waals surface area contributed by atoms with Crippen molar-refractivity contribution in [1.29, 1.82) is 5.26 Å². The van der Waals surface area contributed by atoms with Crippen molar-refractivity contribution >= 4 is 5.91 Å². The van der Waals surface area contributed by atoms with E-state index in [0.29, 0.717) is 11.5 Å². The predicted molar refractivity (Wildman–Crippen MR) is 99.9 cm³/mol. The van der Waals surface area contributed by atoms with E-state index in [4.69, 9.17) is 5.26 Å². The summed E-state index contributed by atoms with van der Waals surface area (Å²) >= 11 is 0. The number of aromatic nitrogens is 1. The van der Waals surface area contributed by atoms with Crippen molar-refractivity contribution in [3.05, 3.63) is 53.9 Å². The molecule has 0 saturated carbocycles. The van der Waals surface area contributed by atoms with Crippen LogP contribution in [0.1, 0.15) is 45.7 Å². The van der Waals surface area contributed by atoms with Crippen molar-refractivity contribution in [1.82, 2.24) is 10.3 Å². The van der Waals surface area contributed by atoms with Gasteiger partial charge in [0.2, 0.25) is 5.91 Å². The van der Waals surface area contributed by atoms with Gasteiger partial charge in [-0.05, 0) is 43.9 Å². The van der Waals surface area contributed by atoms with E-state index in [2.05, 4.69) is 30.2 Å². The van der Waals surface area contributed by atoms with E-state index in [1.54, 1.807) is 12.4 Å². The van der Waals surface area contributed by atoms with Crippen LogP contribution in [-0.4, -0.2) is 16.9 Å². The molecule has 1 unspecified atom stereocenters. The molecule has 130 valence electrons. The second kappa shape index (κ2) is 7.48. The lowest BCUT2D eigenvalue weighted by Gasteiger charge is -2.28. The highest BCUT2D eigenvalue weighted by atomic mass is 16.2. The molecule has 0 bridgehead atoms. The van der Waals surface area contributed by atoms with E-state index >= 15 is 0 Å². The maximum Gasteiger partial charge on any atom is 0.230 e. The molecular formula is C21H25N3O. The Morgan fingerprint density at radius 1 is 1.12 bits per heavy atom. The normalized spacial score (nSPS) is 12.5. The van der Waals surface area contributed by atoms with E-state index in [9.17, 15) is 4.79 Å². The van der Waals surface area contributed by atoms with Gasteiger partial charge >= 0.3 is 0 Å². The second-order valence-electron chi connectivity index (χ2n) is 7.28. The average molecular weight is 335 g/mol. The molecular weight excluding hydrogens is 310 g/mol. The summed E-state index contributed by atoms with van der Waals surface area (Å²) in [4.78, 5) is 16.8. The maximum absolute atomic E-state index is 12.7. The number of carbonyl (C=O) groups is 1. The Morgan fingerprint density at radius 2 is 1.76 bits per heavy atom. The number of benzene rings is 1. The van der Waals surface area contributed by atoms with E-state index in [-0.39, 0.29) is 11.9 Å². The van der Waals surface area contributed by atoms with Crippen LogP contribution in [0.4, 0.5) is 0 Å². The molecule has 1 heterocycles. The molecule has 2 rings (SSSR count). The fourth-order valence-electron chi connectivity index (χ4n) is 2.42. The van der Waals surface area contributed by atoms with E-state index < -0.39 is 5.41 Å². The van der Waals surface area contributed by atoms with Crippen LogP contribution in [0.2, 0.25) is 0 Å². The summed E-state index contributed by atoms with van der Waals surface area (Å²) < 4.78 is 0. The molecule has 0 radical (unpaired) electrons. The van der Waals surface area contributed by atoms with Crippen molar-refractivity contribution < 1.29 is 4.79 Å². The number of hydrogen-bond donors (Lipinski definition) is 1. The molecule has 4 heteroatoms. The lowest BCUT2D eigenvalue weighted by molar-refractivity contribution is -0.126. The van der Waals surface area contributed by atoms with Crippen LogP contribution in [0.15, 0.2) is 42.7 Å². The highest BCUT2D eigenvalue weighted by molar-refractivity contribution is 5.87. The first-order valence-corrected chi connectivity index (χ1v) is 8.52. The monoisotopic (exact) mass is 335 g/mol. The topological polar surface area (TPSA) is 65.8 Å². The number of carbonyl (C=O) groups excluding carboxylic acids is 1. The fourth-order valence-corrected chi connectivity index (χ4v) is 2.42. The third kappa shape index (κ3) is 4.24. The lowest BCUT2D eigenvalue weighted by Crippen LogP contribution is -2.45. The van der Waals surface area contributed by atoms with Crippen LogP contribution in [0, 0.1) is 17.2 Å². The third-order valence-electron chi connectivity index (χ3n) is 4.73. The zero-order valence-corrected chi connectivity index (χ0v) is 15.5. The van der Waals surface area contributed by atoms with Crippen LogP contribution in [0.5, 0.6) is 0 Å². The van der Waals surface area contributed by atoms with Crippen molar-refractivity contribution in [3.8, 4) is 17.2 Å². The first-order chi connectivity index (χ1) is 11.8. The molecule has 1 amide bonds. The van der Waals surface area contributed by atoms with Crippen molar-refractivity contribution in [2.75, 3.05) is 0 Å². The van der Waals surface area contributed by atoms with Gasteiger partial charge in [-0.1, -0.05) is 38.1 Å². The molecule has 0 aliphatic carbocycles. The molecule has 4 nitrogen and oxygen atoms in total. The quantitative estimate of drug-likeness (QED) is 0.896. The predicted octanol–water partition coefficient (Wildman–Crippen LogP) is 4.06. The number of hydrogen-bond acceptors (Lipinski definition) is 3. The van der Waals surface area contributed by atoms with Crippen LogP contribution in [0.3, 0.4) is 0 Å². The van der Waals surface area contributed by atoms with Gasteiger partial charge in [0.1, 0.15) is 6.07 Å². The molecule has 0 aliphatic heterocycles. The minimum absolute atomic E-state index is 0.0228. The van der Waals surface area contributed by atoms with Crippen LogP contribution in [-0.2, 0) is 10.2 Å². The molecule has 1 atom stereocenters. The summed E-state index contributed by atoms with van der Waals surface area (Å²) in [7, 11) is 0. The maximum atomic E-state index is 12.7.